The second-order valence-electron chi connectivity index (χ2n) is 4.78. The predicted octanol–water partition coefficient (Wildman–Crippen LogP) is 3.85. The van der Waals surface area contributed by atoms with Crippen molar-refractivity contribution >= 4 is 28.2 Å². The summed E-state index contributed by atoms with van der Waals surface area (Å²) in [5.74, 6) is 1.03. The highest BCUT2D eigenvalue weighted by Crippen LogP contribution is 2.20. The smallest absolute Gasteiger partial charge is 0.192 e. The first kappa shape index (κ1) is 13.1. The first-order valence-corrected chi connectivity index (χ1v) is 7.54. The van der Waals surface area contributed by atoms with E-state index in [1.807, 2.05) is 47.9 Å². The highest BCUT2D eigenvalue weighted by molar-refractivity contribution is 7.14. The lowest BCUT2D eigenvalue weighted by molar-refractivity contribution is 0.0976. The molecule has 102 valence electrons. The number of hydrogen-bond acceptors (Lipinski definition) is 3. The number of ketones is 1. The minimum absolute atomic E-state index is 0.154. The predicted molar refractivity (Wildman–Crippen MR) is 82.5 cm³/mol. The summed E-state index contributed by atoms with van der Waals surface area (Å²) in [6.07, 6.45) is 0.977. The van der Waals surface area contributed by atoms with Gasteiger partial charge in [-0.15, -0.1) is 11.3 Å². The molecule has 1 aromatic carbocycles. The summed E-state index contributed by atoms with van der Waals surface area (Å²) < 4.78 is 1.99. The van der Waals surface area contributed by atoms with Crippen molar-refractivity contribution in [2.24, 2.45) is 0 Å². The van der Waals surface area contributed by atoms with E-state index < -0.39 is 0 Å². The van der Waals surface area contributed by atoms with E-state index in [1.165, 1.54) is 4.88 Å². The van der Waals surface area contributed by atoms with E-state index >= 15 is 0 Å². The third-order valence-corrected chi connectivity index (χ3v) is 4.70. The Balaban J connectivity index is 1.92. The molecule has 0 amide bonds. The Kier molecular flexibility index (Phi) is 3.40. The van der Waals surface area contributed by atoms with Crippen molar-refractivity contribution in [2.75, 3.05) is 0 Å². The fourth-order valence-corrected chi connectivity index (χ4v) is 3.21. The van der Waals surface area contributed by atoms with Gasteiger partial charge < -0.3 is 4.57 Å². The zero-order valence-corrected chi connectivity index (χ0v) is 12.4. The van der Waals surface area contributed by atoms with E-state index in [0.29, 0.717) is 6.54 Å². The quantitative estimate of drug-likeness (QED) is 0.682. The van der Waals surface area contributed by atoms with Crippen molar-refractivity contribution in [3.63, 3.8) is 0 Å². The van der Waals surface area contributed by atoms with Gasteiger partial charge in [-0.25, -0.2) is 4.98 Å². The number of imidazole rings is 1. The van der Waals surface area contributed by atoms with Gasteiger partial charge >= 0.3 is 0 Å². The molecule has 3 nitrogen and oxygen atoms in total. The molecule has 0 aliphatic rings. The molecule has 0 fully saturated rings. The summed E-state index contributed by atoms with van der Waals surface area (Å²) in [6, 6.07) is 11.9. The Labute approximate surface area is 121 Å². The molecule has 4 heteroatoms. The lowest BCUT2D eigenvalue weighted by atomic mass is 10.3. The maximum absolute atomic E-state index is 12.4. The van der Waals surface area contributed by atoms with E-state index in [0.717, 1.165) is 28.2 Å². The van der Waals surface area contributed by atoms with Gasteiger partial charge in [-0.1, -0.05) is 19.1 Å². The lowest BCUT2D eigenvalue weighted by Gasteiger charge is -2.04. The summed E-state index contributed by atoms with van der Waals surface area (Å²) in [5, 5.41) is 0. The summed E-state index contributed by atoms with van der Waals surface area (Å²) in [5.41, 5.74) is 1.96. The normalized spacial score (nSPS) is 11.1. The van der Waals surface area contributed by atoms with E-state index in [4.69, 9.17) is 0 Å². The fraction of sp³-hybridized carbons (Fsp3) is 0.250. The summed E-state index contributed by atoms with van der Waals surface area (Å²) in [6.45, 7) is 4.41. The highest BCUT2D eigenvalue weighted by atomic mass is 32.1. The van der Waals surface area contributed by atoms with E-state index in [1.54, 1.807) is 11.3 Å². The molecule has 0 saturated carbocycles. The van der Waals surface area contributed by atoms with Crippen LogP contribution in [0.4, 0.5) is 0 Å². The van der Waals surface area contributed by atoms with Crippen LogP contribution >= 0.6 is 11.3 Å². The van der Waals surface area contributed by atoms with Crippen LogP contribution < -0.4 is 0 Å². The van der Waals surface area contributed by atoms with Crippen LogP contribution in [-0.4, -0.2) is 15.3 Å². The van der Waals surface area contributed by atoms with Gasteiger partial charge in [-0.3, -0.25) is 4.79 Å². The number of fused-ring (bicyclic) bond motifs is 1. The standard InChI is InChI=1S/C16H16N2OS/c1-3-12-8-9-16(20-12)15(19)10-18-11(2)17-13-6-4-5-7-14(13)18/h4-9H,3,10H2,1-2H3. The highest BCUT2D eigenvalue weighted by Gasteiger charge is 2.13. The molecule has 0 saturated heterocycles. The van der Waals surface area contributed by atoms with Crippen LogP contribution in [0.5, 0.6) is 0 Å². The SMILES string of the molecule is CCc1ccc(C(=O)Cn2c(C)nc3ccccc32)s1. The maximum Gasteiger partial charge on any atom is 0.192 e. The Morgan fingerprint density at radius 2 is 2.05 bits per heavy atom. The molecule has 0 aliphatic carbocycles. The van der Waals surface area contributed by atoms with Crippen LogP contribution in [0, 0.1) is 6.92 Å². The molecule has 0 N–H and O–H groups in total. The molecule has 2 aromatic heterocycles. The largest absolute Gasteiger partial charge is 0.320 e. The Hall–Kier alpha value is -1.94. The van der Waals surface area contributed by atoms with Gasteiger partial charge in [-0.05, 0) is 37.6 Å². The van der Waals surface area contributed by atoms with Crippen molar-refractivity contribution in [2.45, 2.75) is 26.8 Å². The summed E-state index contributed by atoms with van der Waals surface area (Å²) in [4.78, 5) is 19.0. The summed E-state index contributed by atoms with van der Waals surface area (Å²) >= 11 is 1.59. The molecule has 20 heavy (non-hydrogen) atoms. The molecular weight excluding hydrogens is 268 g/mol. The molecule has 0 aliphatic heterocycles. The molecule has 0 atom stereocenters. The third-order valence-electron chi connectivity index (χ3n) is 3.43. The zero-order valence-electron chi connectivity index (χ0n) is 11.6. The molecular formula is C16H16N2OS. The fourth-order valence-electron chi connectivity index (χ4n) is 2.33. The molecule has 0 radical (unpaired) electrons. The second kappa shape index (κ2) is 5.21. The number of aryl methyl sites for hydroxylation is 2. The minimum atomic E-state index is 0.154. The minimum Gasteiger partial charge on any atom is -0.320 e. The van der Waals surface area contributed by atoms with Gasteiger partial charge in [0.25, 0.3) is 0 Å². The van der Waals surface area contributed by atoms with Gasteiger partial charge in [0.1, 0.15) is 5.82 Å². The van der Waals surface area contributed by atoms with Gasteiger partial charge in [0.15, 0.2) is 5.78 Å². The van der Waals surface area contributed by atoms with Crippen molar-refractivity contribution in [3.8, 4) is 0 Å². The van der Waals surface area contributed by atoms with Crippen LogP contribution in [0.15, 0.2) is 36.4 Å². The number of Topliss-reactive ketones (excluding diaryl/α,β-unsaturated/α-hetero) is 1. The molecule has 3 aromatic rings. The number of benzene rings is 1. The monoisotopic (exact) mass is 284 g/mol. The number of thiophene rings is 1. The van der Waals surface area contributed by atoms with Crippen molar-refractivity contribution in [1.82, 2.24) is 9.55 Å². The van der Waals surface area contributed by atoms with Crippen molar-refractivity contribution in [1.29, 1.82) is 0 Å². The van der Waals surface area contributed by atoms with E-state index in [9.17, 15) is 4.79 Å². The molecule has 0 bridgehead atoms. The molecule has 2 heterocycles. The van der Waals surface area contributed by atoms with Gasteiger partial charge in [-0.2, -0.15) is 0 Å². The number of aromatic nitrogens is 2. The Morgan fingerprint density at radius 3 is 2.80 bits per heavy atom. The number of nitrogens with zero attached hydrogens (tertiary/aromatic N) is 2. The third kappa shape index (κ3) is 2.27. The van der Waals surface area contributed by atoms with Crippen LogP contribution in [0.1, 0.15) is 27.3 Å². The second-order valence-corrected chi connectivity index (χ2v) is 5.94. The Morgan fingerprint density at radius 1 is 1.25 bits per heavy atom. The maximum atomic E-state index is 12.4. The first-order chi connectivity index (χ1) is 9.69. The van der Waals surface area contributed by atoms with Crippen LogP contribution in [0.25, 0.3) is 11.0 Å². The molecule has 3 rings (SSSR count). The topological polar surface area (TPSA) is 34.9 Å². The summed E-state index contributed by atoms with van der Waals surface area (Å²) in [7, 11) is 0. The number of carbonyl (C=O) groups is 1. The molecule has 0 unspecified atom stereocenters. The first-order valence-electron chi connectivity index (χ1n) is 6.73. The van der Waals surface area contributed by atoms with Crippen LogP contribution in [0.2, 0.25) is 0 Å². The van der Waals surface area contributed by atoms with E-state index in [2.05, 4.69) is 11.9 Å². The number of para-hydroxylation sites is 2. The Bertz CT molecular complexity index is 770. The van der Waals surface area contributed by atoms with Crippen LogP contribution in [0.3, 0.4) is 0 Å². The zero-order chi connectivity index (χ0) is 14.1. The van der Waals surface area contributed by atoms with Gasteiger partial charge in [0, 0.05) is 4.88 Å². The lowest BCUT2D eigenvalue weighted by Crippen LogP contribution is -2.10. The van der Waals surface area contributed by atoms with Gasteiger partial charge in [0.05, 0.1) is 22.5 Å². The number of rotatable bonds is 4. The van der Waals surface area contributed by atoms with Crippen molar-refractivity contribution < 1.29 is 4.79 Å². The average molecular weight is 284 g/mol. The van der Waals surface area contributed by atoms with E-state index in [-0.39, 0.29) is 5.78 Å². The van der Waals surface area contributed by atoms with Crippen molar-refractivity contribution in [3.05, 3.63) is 52.0 Å². The number of carbonyl (C=O) groups excluding carboxylic acids is 1. The number of hydrogen-bond donors (Lipinski definition) is 0. The van der Waals surface area contributed by atoms with Crippen LogP contribution in [-0.2, 0) is 13.0 Å². The molecule has 0 spiro atoms. The van der Waals surface area contributed by atoms with Gasteiger partial charge in [0.2, 0.25) is 0 Å². The average Bonchev–Trinajstić information content (AvgIpc) is 3.04.